The monoisotopic (exact) mass is 355 g/mol. The molecule has 1 aromatic carbocycles. The number of nitrogens with zero attached hydrogens (tertiary/aromatic N) is 1. The fraction of sp³-hybridized carbons (Fsp3) is 0.316. The standard InChI is InChI=1S/C19H21N3O4/c1-25-15-6-4-14(5-7-15)22-19(24)17-11-13(8-9-20-17)18(23)21-12-16-3-2-10-26-16/h4-9,11,16H,2-3,10,12H2,1H3,(H,21,23)(H,22,24). The van der Waals surface area contributed by atoms with Gasteiger partial charge in [-0.05, 0) is 49.2 Å². The number of hydrogen-bond acceptors (Lipinski definition) is 5. The molecule has 2 heterocycles. The van der Waals surface area contributed by atoms with Crippen molar-refractivity contribution in [2.75, 3.05) is 25.6 Å². The Labute approximate surface area is 151 Å². The minimum Gasteiger partial charge on any atom is -0.497 e. The van der Waals surface area contributed by atoms with Crippen LogP contribution in [0.25, 0.3) is 0 Å². The molecule has 0 saturated carbocycles. The van der Waals surface area contributed by atoms with Gasteiger partial charge in [-0.15, -0.1) is 0 Å². The van der Waals surface area contributed by atoms with Gasteiger partial charge < -0.3 is 20.1 Å². The van der Waals surface area contributed by atoms with E-state index < -0.39 is 0 Å². The van der Waals surface area contributed by atoms with Gasteiger partial charge in [0.25, 0.3) is 11.8 Å². The second kappa shape index (κ2) is 8.44. The molecule has 1 fully saturated rings. The SMILES string of the molecule is COc1ccc(NC(=O)c2cc(C(=O)NCC3CCCO3)ccn2)cc1. The highest BCUT2D eigenvalue weighted by molar-refractivity contribution is 6.04. The van der Waals surface area contributed by atoms with E-state index in [-0.39, 0.29) is 23.6 Å². The van der Waals surface area contributed by atoms with Crippen LogP contribution in [-0.4, -0.2) is 43.2 Å². The van der Waals surface area contributed by atoms with E-state index >= 15 is 0 Å². The van der Waals surface area contributed by atoms with Crippen LogP contribution in [0, 0.1) is 0 Å². The van der Waals surface area contributed by atoms with E-state index in [1.807, 2.05) is 0 Å². The van der Waals surface area contributed by atoms with E-state index in [1.54, 1.807) is 37.4 Å². The number of rotatable bonds is 6. The molecule has 1 atom stereocenters. The summed E-state index contributed by atoms with van der Waals surface area (Å²) in [6, 6.07) is 10.0. The maximum absolute atomic E-state index is 12.4. The lowest BCUT2D eigenvalue weighted by Gasteiger charge is -2.11. The largest absolute Gasteiger partial charge is 0.497 e. The summed E-state index contributed by atoms with van der Waals surface area (Å²) >= 11 is 0. The lowest BCUT2D eigenvalue weighted by Crippen LogP contribution is -2.32. The molecule has 2 aromatic rings. The predicted molar refractivity (Wildman–Crippen MR) is 96.5 cm³/mol. The number of pyridine rings is 1. The molecule has 1 unspecified atom stereocenters. The van der Waals surface area contributed by atoms with Crippen LogP contribution in [0.5, 0.6) is 5.75 Å². The van der Waals surface area contributed by atoms with E-state index in [2.05, 4.69) is 15.6 Å². The number of amides is 2. The van der Waals surface area contributed by atoms with Crippen LogP contribution in [0.4, 0.5) is 5.69 Å². The van der Waals surface area contributed by atoms with E-state index in [0.29, 0.717) is 23.5 Å². The summed E-state index contributed by atoms with van der Waals surface area (Å²) in [7, 11) is 1.58. The third-order valence-electron chi connectivity index (χ3n) is 4.12. The first-order chi connectivity index (χ1) is 12.7. The normalized spacial score (nSPS) is 16.1. The van der Waals surface area contributed by atoms with Gasteiger partial charge in [0.2, 0.25) is 0 Å². The molecule has 2 amide bonds. The van der Waals surface area contributed by atoms with Crippen molar-refractivity contribution in [3.05, 3.63) is 53.9 Å². The summed E-state index contributed by atoms with van der Waals surface area (Å²) in [4.78, 5) is 28.7. The predicted octanol–water partition coefficient (Wildman–Crippen LogP) is 2.25. The number of methoxy groups -OCH3 is 1. The minimum absolute atomic E-state index is 0.0682. The van der Waals surface area contributed by atoms with Crippen molar-refractivity contribution in [1.29, 1.82) is 0 Å². The summed E-state index contributed by atoms with van der Waals surface area (Å²) in [5.41, 5.74) is 1.18. The molecule has 136 valence electrons. The highest BCUT2D eigenvalue weighted by Crippen LogP contribution is 2.16. The van der Waals surface area contributed by atoms with Gasteiger partial charge in [0.1, 0.15) is 11.4 Å². The quantitative estimate of drug-likeness (QED) is 0.830. The Bertz CT molecular complexity index is 771. The number of carbonyl (C=O) groups excluding carboxylic acids is 2. The maximum atomic E-state index is 12.4. The molecule has 26 heavy (non-hydrogen) atoms. The van der Waals surface area contributed by atoms with E-state index in [9.17, 15) is 9.59 Å². The molecule has 3 rings (SSSR count). The van der Waals surface area contributed by atoms with Crippen LogP contribution in [0.3, 0.4) is 0 Å². The van der Waals surface area contributed by atoms with Crippen molar-refractivity contribution < 1.29 is 19.1 Å². The van der Waals surface area contributed by atoms with Gasteiger partial charge >= 0.3 is 0 Å². The third-order valence-corrected chi connectivity index (χ3v) is 4.12. The highest BCUT2D eigenvalue weighted by Gasteiger charge is 2.17. The topological polar surface area (TPSA) is 89.5 Å². The molecule has 1 saturated heterocycles. The molecule has 0 radical (unpaired) electrons. The Morgan fingerprint density at radius 1 is 1.23 bits per heavy atom. The van der Waals surface area contributed by atoms with Crippen molar-refractivity contribution >= 4 is 17.5 Å². The van der Waals surface area contributed by atoms with Gasteiger partial charge in [0.15, 0.2) is 0 Å². The molecule has 1 aliphatic heterocycles. The minimum atomic E-state index is -0.385. The number of aromatic nitrogens is 1. The van der Waals surface area contributed by atoms with Crippen LogP contribution >= 0.6 is 0 Å². The summed E-state index contributed by atoms with van der Waals surface area (Å²) in [6.07, 6.45) is 3.49. The molecular weight excluding hydrogens is 334 g/mol. The Kier molecular flexibility index (Phi) is 5.80. The second-order valence-electron chi connectivity index (χ2n) is 5.96. The number of hydrogen-bond donors (Lipinski definition) is 2. The zero-order valence-corrected chi connectivity index (χ0v) is 14.5. The molecule has 1 aliphatic rings. The van der Waals surface area contributed by atoms with Crippen LogP contribution in [0.1, 0.15) is 33.7 Å². The first kappa shape index (κ1) is 17.9. The number of carbonyl (C=O) groups is 2. The van der Waals surface area contributed by atoms with E-state index in [0.717, 1.165) is 19.4 Å². The van der Waals surface area contributed by atoms with Gasteiger partial charge in [-0.3, -0.25) is 14.6 Å². The molecule has 0 bridgehead atoms. The fourth-order valence-electron chi connectivity index (χ4n) is 2.68. The van der Waals surface area contributed by atoms with E-state index in [4.69, 9.17) is 9.47 Å². The van der Waals surface area contributed by atoms with Crippen LogP contribution in [0.2, 0.25) is 0 Å². The second-order valence-corrected chi connectivity index (χ2v) is 5.96. The Hall–Kier alpha value is -2.93. The molecular formula is C19H21N3O4. The van der Waals surface area contributed by atoms with Gasteiger partial charge in [-0.1, -0.05) is 0 Å². The molecule has 7 nitrogen and oxygen atoms in total. The van der Waals surface area contributed by atoms with Crippen molar-refractivity contribution in [1.82, 2.24) is 10.3 Å². The number of anilines is 1. The smallest absolute Gasteiger partial charge is 0.274 e. The molecule has 1 aromatic heterocycles. The maximum Gasteiger partial charge on any atom is 0.274 e. The van der Waals surface area contributed by atoms with Crippen LogP contribution in [0.15, 0.2) is 42.6 Å². The van der Waals surface area contributed by atoms with Crippen molar-refractivity contribution in [3.63, 3.8) is 0 Å². The van der Waals surface area contributed by atoms with Crippen LogP contribution < -0.4 is 15.4 Å². The molecule has 0 aliphatic carbocycles. The Morgan fingerprint density at radius 2 is 2.04 bits per heavy atom. The lowest BCUT2D eigenvalue weighted by atomic mass is 10.2. The summed E-state index contributed by atoms with van der Waals surface area (Å²) in [5, 5.41) is 5.58. The molecule has 7 heteroatoms. The van der Waals surface area contributed by atoms with Gasteiger partial charge in [0, 0.05) is 30.6 Å². The van der Waals surface area contributed by atoms with Crippen molar-refractivity contribution in [2.24, 2.45) is 0 Å². The van der Waals surface area contributed by atoms with Crippen molar-refractivity contribution in [3.8, 4) is 5.75 Å². The Balaban J connectivity index is 1.61. The average Bonchev–Trinajstić information content (AvgIpc) is 3.20. The summed E-state index contributed by atoms with van der Waals surface area (Å²) in [6.45, 7) is 1.21. The van der Waals surface area contributed by atoms with Gasteiger partial charge in [-0.25, -0.2) is 0 Å². The van der Waals surface area contributed by atoms with Gasteiger partial charge in [-0.2, -0.15) is 0 Å². The summed E-state index contributed by atoms with van der Waals surface area (Å²) < 4.78 is 10.6. The van der Waals surface area contributed by atoms with E-state index in [1.165, 1.54) is 12.3 Å². The first-order valence-corrected chi connectivity index (χ1v) is 8.47. The highest BCUT2D eigenvalue weighted by atomic mass is 16.5. The zero-order valence-electron chi connectivity index (χ0n) is 14.5. The fourth-order valence-corrected chi connectivity index (χ4v) is 2.68. The number of ether oxygens (including phenoxy) is 2. The number of nitrogens with one attached hydrogen (secondary N) is 2. The lowest BCUT2D eigenvalue weighted by molar-refractivity contribution is 0.0857. The number of benzene rings is 1. The van der Waals surface area contributed by atoms with Crippen molar-refractivity contribution in [2.45, 2.75) is 18.9 Å². The zero-order chi connectivity index (χ0) is 18.4. The third kappa shape index (κ3) is 4.58. The van der Waals surface area contributed by atoms with Gasteiger partial charge in [0.05, 0.1) is 13.2 Å². The summed E-state index contributed by atoms with van der Waals surface area (Å²) in [5.74, 6) is 0.0661. The first-order valence-electron chi connectivity index (χ1n) is 8.47. The Morgan fingerprint density at radius 3 is 2.73 bits per heavy atom. The molecule has 2 N–H and O–H groups in total. The van der Waals surface area contributed by atoms with Crippen LogP contribution in [-0.2, 0) is 4.74 Å². The average molecular weight is 355 g/mol. The molecule has 0 spiro atoms.